The van der Waals surface area contributed by atoms with E-state index in [-0.39, 0.29) is 0 Å². The van der Waals surface area contributed by atoms with Crippen LogP contribution >= 0.6 is 11.8 Å². The minimum atomic E-state index is 0.667. The largest absolute Gasteiger partial charge is 0.493 e. The zero-order valence-electron chi connectivity index (χ0n) is 20.2. The van der Waals surface area contributed by atoms with Crippen molar-refractivity contribution in [3.8, 4) is 5.75 Å². The highest BCUT2D eigenvalue weighted by molar-refractivity contribution is 8.11. The molecule has 1 fully saturated rings. The van der Waals surface area contributed by atoms with E-state index in [1.165, 1.54) is 36.2 Å². The van der Waals surface area contributed by atoms with Gasteiger partial charge in [0.15, 0.2) is 0 Å². The molecule has 32 heavy (non-hydrogen) atoms. The van der Waals surface area contributed by atoms with Gasteiger partial charge in [0.2, 0.25) is 0 Å². The van der Waals surface area contributed by atoms with Gasteiger partial charge in [-0.25, -0.2) is 0 Å². The van der Waals surface area contributed by atoms with Crippen LogP contribution in [0.15, 0.2) is 70.8 Å². The lowest BCUT2D eigenvalue weighted by Crippen LogP contribution is -2.14. The van der Waals surface area contributed by atoms with Crippen LogP contribution in [0.1, 0.15) is 64.5 Å². The first kappa shape index (κ1) is 25.8. The first-order valence-electron chi connectivity index (χ1n) is 11.3. The van der Waals surface area contributed by atoms with E-state index in [0.717, 1.165) is 39.8 Å². The van der Waals surface area contributed by atoms with Crippen molar-refractivity contribution in [3.05, 3.63) is 76.9 Å². The standard InChI is InChI=1S/C28H38N2OS/c1-8-22(4)32-24(6)27-15-26(16-28(17-27)31-19-25-11-9-10-12-25)23(5)30-18-20(2)13-14-21(3)29-7/h8,13-17,25,30H,5-7,9-12,18-19H2,1-4H3/b20-13+,21-14-,22-8-. The smallest absolute Gasteiger partial charge is 0.120 e. The Labute approximate surface area is 199 Å². The number of hydrogen-bond acceptors (Lipinski definition) is 4. The van der Waals surface area contributed by atoms with E-state index in [1.807, 2.05) is 19.9 Å². The molecule has 1 N–H and O–H groups in total. The Morgan fingerprint density at radius 3 is 2.47 bits per heavy atom. The van der Waals surface area contributed by atoms with Gasteiger partial charge in [0, 0.05) is 28.4 Å². The van der Waals surface area contributed by atoms with Crippen molar-refractivity contribution in [1.82, 2.24) is 5.32 Å². The molecule has 1 saturated carbocycles. The number of hydrogen-bond donors (Lipinski definition) is 1. The fourth-order valence-electron chi connectivity index (χ4n) is 3.44. The molecule has 0 aliphatic heterocycles. The summed E-state index contributed by atoms with van der Waals surface area (Å²) in [6.45, 7) is 21.8. The van der Waals surface area contributed by atoms with E-state index in [9.17, 15) is 0 Å². The molecule has 2 rings (SSSR count). The van der Waals surface area contributed by atoms with Crippen molar-refractivity contribution in [2.75, 3.05) is 13.2 Å². The summed E-state index contributed by atoms with van der Waals surface area (Å²) >= 11 is 1.69. The first-order valence-corrected chi connectivity index (χ1v) is 12.2. The summed E-state index contributed by atoms with van der Waals surface area (Å²) in [4.78, 5) is 6.15. The number of thioether (sulfide) groups is 1. The zero-order valence-corrected chi connectivity index (χ0v) is 21.0. The molecular formula is C28H38N2OS. The van der Waals surface area contributed by atoms with Gasteiger partial charge in [-0.15, -0.1) is 0 Å². The maximum Gasteiger partial charge on any atom is 0.120 e. The van der Waals surface area contributed by atoms with Crippen LogP contribution in [0.5, 0.6) is 5.75 Å². The lowest BCUT2D eigenvalue weighted by molar-refractivity contribution is 0.252. The number of nitrogens with one attached hydrogen (secondary N) is 1. The predicted octanol–water partition coefficient (Wildman–Crippen LogP) is 7.99. The van der Waals surface area contributed by atoms with Crippen molar-refractivity contribution >= 4 is 29.1 Å². The maximum absolute atomic E-state index is 6.24. The molecule has 1 aromatic carbocycles. The molecule has 0 spiro atoms. The van der Waals surface area contributed by atoms with Crippen molar-refractivity contribution in [2.24, 2.45) is 10.9 Å². The highest BCUT2D eigenvalue weighted by atomic mass is 32.2. The van der Waals surface area contributed by atoms with Gasteiger partial charge < -0.3 is 10.1 Å². The predicted molar refractivity (Wildman–Crippen MR) is 144 cm³/mol. The van der Waals surface area contributed by atoms with Gasteiger partial charge in [-0.2, -0.15) is 0 Å². The summed E-state index contributed by atoms with van der Waals surface area (Å²) < 4.78 is 6.24. The van der Waals surface area contributed by atoms with E-state index in [1.54, 1.807) is 11.8 Å². The second-order valence-electron chi connectivity index (χ2n) is 8.44. The van der Waals surface area contributed by atoms with Crippen molar-refractivity contribution in [2.45, 2.75) is 53.4 Å². The van der Waals surface area contributed by atoms with Crippen LogP contribution in [0.3, 0.4) is 0 Å². The summed E-state index contributed by atoms with van der Waals surface area (Å²) in [5.41, 5.74) is 5.05. The van der Waals surface area contributed by atoms with Gasteiger partial charge >= 0.3 is 0 Å². The van der Waals surface area contributed by atoms with Crippen LogP contribution in [0.4, 0.5) is 0 Å². The molecule has 0 saturated heterocycles. The number of benzene rings is 1. The molecule has 0 heterocycles. The average molecular weight is 451 g/mol. The van der Waals surface area contributed by atoms with E-state index < -0.39 is 0 Å². The third kappa shape index (κ3) is 8.58. The molecule has 0 aromatic heterocycles. The molecular weight excluding hydrogens is 412 g/mol. The minimum Gasteiger partial charge on any atom is -0.493 e. The van der Waals surface area contributed by atoms with Crippen LogP contribution in [0.25, 0.3) is 10.6 Å². The molecule has 1 aromatic rings. The molecule has 3 nitrogen and oxygen atoms in total. The Balaban J connectivity index is 2.17. The summed E-state index contributed by atoms with van der Waals surface area (Å²) in [7, 11) is 0. The van der Waals surface area contributed by atoms with E-state index in [0.29, 0.717) is 12.5 Å². The van der Waals surface area contributed by atoms with Crippen LogP contribution in [-0.4, -0.2) is 19.9 Å². The quantitative estimate of drug-likeness (QED) is 0.259. The topological polar surface area (TPSA) is 33.6 Å². The van der Waals surface area contributed by atoms with Crippen molar-refractivity contribution in [1.29, 1.82) is 0 Å². The number of aliphatic imine (C=N–C) groups is 1. The summed E-state index contributed by atoms with van der Waals surface area (Å²) in [6, 6.07) is 6.32. The number of nitrogens with zero attached hydrogens (tertiary/aromatic N) is 1. The molecule has 172 valence electrons. The fourth-order valence-corrected chi connectivity index (χ4v) is 4.19. The number of rotatable bonds is 12. The van der Waals surface area contributed by atoms with Crippen LogP contribution in [0.2, 0.25) is 0 Å². The van der Waals surface area contributed by atoms with E-state index in [2.05, 4.69) is 74.4 Å². The molecule has 0 bridgehead atoms. The third-order valence-electron chi connectivity index (χ3n) is 5.67. The van der Waals surface area contributed by atoms with Crippen LogP contribution in [-0.2, 0) is 0 Å². The van der Waals surface area contributed by atoms with Gasteiger partial charge in [0.1, 0.15) is 5.75 Å². The Hall–Kier alpha value is -2.46. The Morgan fingerprint density at radius 2 is 1.81 bits per heavy atom. The Kier molecular flexibility index (Phi) is 10.6. The maximum atomic E-state index is 6.24. The molecule has 0 radical (unpaired) electrons. The number of ether oxygens (including phenoxy) is 1. The monoisotopic (exact) mass is 450 g/mol. The number of allylic oxidation sites excluding steroid dienone is 5. The molecule has 0 atom stereocenters. The molecule has 4 heteroatoms. The zero-order chi connectivity index (χ0) is 23.5. The lowest BCUT2D eigenvalue weighted by atomic mass is 10.1. The second kappa shape index (κ2) is 13.2. The van der Waals surface area contributed by atoms with Gasteiger partial charge in [0.25, 0.3) is 0 Å². The van der Waals surface area contributed by atoms with Crippen LogP contribution in [0, 0.1) is 5.92 Å². The highest BCUT2D eigenvalue weighted by Crippen LogP contribution is 2.35. The van der Waals surface area contributed by atoms with Crippen molar-refractivity contribution < 1.29 is 4.74 Å². The van der Waals surface area contributed by atoms with E-state index >= 15 is 0 Å². The van der Waals surface area contributed by atoms with Gasteiger partial charge in [-0.1, -0.05) is 55.5 Å². The first-order chi connectivity index (χ1) is 15.3. The van der Waals surface area contributed by atoms with Gasteiger partial charge in [-0.05, 0) is 87.9 Å². The molecule has 1 aliphatic carbocycles. The Bertz CT molecular complexity index is 917. The van der Waals surface area contributed by atoms with Crippen molar-refractivity contribution in [3.63, 3.8) is 0 Å². The normalized spacial score (nSPS) is 15.6. The van der Waals surface area contributed by atoms with E-state index in [4.69, 9.17) is 4.74 Å². The summed E-state index contributed by atoms with van der Waals surface area (Å²) in [6.07, 6.45) is 11.3. The summed E-state index contributed by atoms with van der Waals surface area (Å²) in [5, 5.41) is 3.44. The fraction of sp³-hybridized carbons (Fsp3) is 0.393. The molecule has 1 aliphatic rings. The van der Waals surface area contributed by atoms with Gasteiger partial charge in [-0.3, -0.25) is 4.99 Å². The highest BCUT2D eigenvalue weighted by Gasteiger charge is 2.16. The average Bonchev–Trinajstić information content (AvgIpc) is 3.32. The SMILES string of the molecule is C=N/C(C)=C\C=C(/C)CNC(=C)c1cc(OCC2CCCC2)cc(C(=C)S/C(C)=C\C)c1. The lowest BCUT2D eigenvalue weighted by Gasteiger charge is -2.17. The van der Waals surface area contributed by atoms with Crippen LogP contribution < -0.4 is 10.1 Å². The molecule has 0 unspecified atom stereocenters. The third-order valence-corrected chi connectivity index (χ3v) is 6.71. The Morgan fingerprint density at radius 1 is 1.12 bits per heavy atom. The minimum absolute atomic E-state index is 0.667. The van der Waals surface area contributed by atoms with Gasteiger partial charge in [0.05, 0.1) is 6.61 Å². The second-order valence-corrected chi connectivity index (χ2v) is 9.78. The molecule has 0 amide bonds. The summed E-state index contributed by atoms with van der Waals surface area (Å²) in [5.74, 6) is 1.55.